The van der Waals surface area contributed by atoms with Crippen molar-refractivity contribution in [3.63, 3.8) is 0 Å². The van der Waals surface area contributed by atoms with Crippen molar-refractivity contribution in [1.29, 1.82) is 0 Å². The first-order valence-electron chi connectivity index (χ1n) is 9.09. The van der Waals surface area contributed by atoms with Gasteiger partial charge in [0.2, 0.25) is 5.88 Å². The zero-order chi connectivity index (χ0) is 17.8. The third kappa shape index (κ3) is 5.22. The van der Waals surface area contributed by atoms with Gasteiger partial charge in [-0.3, -0.25) is 0 Å². The Morgan fingerprint density at radius 1 is 1.22 bits per heavy atom. The average Bonchev–Trinajstić information content (AvgIpc) is 3.18. The lowest BCUT2D eigenvalue weighted by molar-refractivity contribution is 0.114. The summed E-state index contributed by atoms with van der Waals surface area (Å²) in [5, 5.41) is 3.09. The lowest BCUT2D eigenvalue weighted by Crippen LogP contribution is -2.51. The first-order chi connectivity index (χ1) is 12.8. The van der Waals surface area contributed by atoms with Crippen LogP contribution in [0.1, 0.15) is 24.8 Å². The third-order valence-electron chi connectivity index (χ3n) is 4.86. The lowest BCUT2D eigenvalue weighted by Gasteiger charge is -2.35. The summed E-state index contributed by atoms with van der Waals surface area (Å²) in [5.41, 5.74) is 7.28. The van der Waals surface area contributed by atoms with Crippen LogP contribution in [0.3, 0.4) is 0 Å². The fraction of sp³-hybridized carbons (Fsp3) is 0.500. The SMILES string of the molecule is I.NC(=NCc1ccnc(OC2CCC2)c1)N1CCN(c2nccs2)CC1. The Morgan fingerprint density at radius 2 is 2.04 bits per heavy atom. The van der Waals surface area contributed by atoms with E-state index in [1.165, 1.54) is 6.42 Å². The van der Waals surface area contributed by atoms with Gasteiger partial charge in [-0.05, 0) is 30.9 Å². The van der Waals surface area contributed by atoms with Crippen molar-refractivity contribution in [3.8, 4) is 5.88 Å². The topological polar surface area (TPSA) is 79.9 Å². The van der Waals surface area contributed by atoms with Gasteiger partial charge in [0.1, 0.15) is 6.10 Å². The number of thiazole rings is 1. The maximum absolute atomic E-state index is 6.21. The Morgan fingerprint density at radius 3 is 2.70 bits per heavy atom. The molecular formula is C18H25IN6OS. The molecule has 0 spiro atoms. The maximum Gasteiger partial charge on any atom is 0.213 e. The molecule has 1 saturated heterocycles. The molecule has 0 unspecified atom stereocenters. The Hall–Kier alpha value is -1.62. The highest BCUT2D eigenvalue weighted by Crippen LogP contribution is 2.24. The molecule has 1 aliphatic carbocycles. The molecule has 2 aromatic heterocycles. The molecule has 2 aromatic rings. The van der Waals surface area contributed by atoms with Crippen molar-refractivity contribution in [3.05, 3.63) is 35.5 Å². The monoisotopic (exact) mass is 500 g/mol. The van der Waals surface area contributed by atoms with Crippen molar-refractivity contribution >= 4 is 46.4 Å². The maximum atomic E-state index is 6.21. The molecule has 0 bridgehead atoms. The van der Waals surface area contributed by atoms with Gasteiger partial charge in [0.05, 0.1) is 6.54 Å². The van der Waals surface area contributed by atoms with E-state index >= 15 is 0 Å². The summed E-state index contributed by atoms with van der Waals surface area (Å²) in [6, 6.07) is 3.93. The zero-order valence-electron chi connectivity index (χ0n) is 15.2. The van der Waals surface area contributed by atoms with Gasteiger partial charge in [-0.15, -0.1) is 35.3 Å². The van der Waals surface area contributed by atoms with Gasteiger partial charge in [-0.25, -0.2) is 15.0 Å². The molecule has 7 nitrogen and oxygen atoms in total. The first kappa shape index (κ1) is 20.1. The Kier molecular flexibility index (Phi) is 7.11. The van der Waals surface area contributed by atoms with E-state index in [0.717, 1.165) is 49.7 Å². The van der Waals surface area contributed by atoms with Crippen LogP contribution in [0.4, 0.5) is 5.13 Å². The lowest BCUT2D eigenvalue weighted by atomic mass is 9.96. The number of aliphatic imine (C=N–C) groups is 1. The van der Waals surface area contributed by atoms with Gasteiger partial charge in [0.25, 0.3) is 0 Å². The molecule has 27 heavy (non-hydrogen) atoms. The number of pyridine rings is 1. The van der Waals surface area contributed by atoms with Crippen LogP contribution in [0, 0.1) is 0 Å². The molecule has 3 heterocycles. The highest BCUT2D eigenvalue weighted by atomic mass is 127. The highest BCUT2D eigenvalue weighted by molar-refractivity contribution is 14.0. The molecule has 1 aliphatic heterocycles. The van der Waals surface area contributed by atoms with Gasteiger partial charge < -0.3 is 20.3 Å². The molecule has 2 N–H and O–H groups in total. The number of aromatic nitrogens is 2. The third-order valence-corrected chi connectivity index (χ3v) is 5.69. The van der Waals surface area contributed by atoms with E-state index in [4.69, 9.17) is 10.5 Å². The van der Waals surface area contributed by atoms with Gasteiger partial charge in [-0.1, -0.05) is 0 Å². The van der Waals surface area contributed by atoms with Crippen molar-refractivity contribution in [1.82, 2.24) is 14.9 Å². The minimum Gasteiger partial charge on any atom is -0.474 e. The predicted octanol–water partition coefficient (Wildman–Crippen LogP) is 2.72. The smallest absolute Gasteiger partial charge is 0.213 e. The predicted molar refractivity (Wildman–Crippen MR) is 119 cm³/mol. The molecular weight excluding hydrogens is 475 g/mol. The van der Waals surface area contributed by atoms with E-state index in [9.17, 15) is 0 Å². The molecule has 2 fully saturated rings. The number of nitrogens with two attached hydrogens (primary N) is 1. The van der Waals surface area contributed by atoms with Crippen LogP contribution in [-0.2, 0) is 6.54 Å². The standard InChI is InChI=1S/C18H24N6OS.HI/c19-17(23-7-9-24(10-8-23)18-21-6-11-26-18)22-13-14-4-5-20-16(12-14)25-15-2-1-3-15;/h4-6,11-12,15H,1-3,7-10,13H2,(H2,19,22);1H. The van der Waals surface area contributed by atoms with Crippen LogP contribution < -0.4 is 15.4 Å². The summed E-state index contributed by atoms with van der Waals surface area (Å²) in [7, 11) is 0. The first-order valence-corrected chi connectivity index (χ1v) is 9.97. The molecule has 9 heteroatoms. The molecule has 0 radical (unpaired) electrons. The van der Waals surface area contributed by atoms with Crippen LogP contribution in [0.15, 0.2) is 34.9 Å². The van der Waals surface area contributed by atoms with Crippen molar-refractivity contribution < 1.29 is 4.74 Å². The van der Waals surface area contributed by atoms with Crippen molar-refractivity contribution in [2.45, 2.75) is 31.9 Å². The molecule has 0 aromatic carbocycles. The van der Waals surface area contributed by atoms with Crippen LogP contribution in [0.5, 0.6) is 5.88 Å². The number of nitrogens with zero attached hydrogens (tertiary/aromatic N) is 5. The van der Waals surface area contributed by atoms with Crippen LogP contribution in [-0.4, -0.2) is 53.1 Å². The van der Waals surface area contributed by atoms with E-state index in [0.29, 0.717) is 24.5 Å². The van der Waals surface area contributed by atoms with E-state index in [2.05, 4.69) is 24.8 Å². The number of hydrogen-bond donors (Lipinski definition) is 1. The van der Waals surface area contributed by atoms with E-state index < -0.39 is 0 Å². The number of piperazine rings is 1. The van der Waals surface area contributed by atoms with Crippen LogP contribution in [0.2, 0.25) is 0 Å². The molecule has 146 valence electrons. The second kappa shape index (κ2) is 9.54. The van der Waals surface area contributed by atoms with E-state index in [1.807, 2.05) is 23.7 Å². The van der Waals surface area contributed by atoms with Gasteiger partial charge in [0, 0.05) is 50.0 Å². The van der Waals surface area contributed by atoms with Gasteiger partial charge in [-0.2, -0.15) is 0 Å². The van der Waals surface area contributed by atoms with Crippen LogP contribution in [0.25, 0.3) is 0 Å². The van der Waals surface area contributed by atoms with Gasteiger partial charge >= 0.3 is 0 Å². The van der Waals surface area contributed by atoms with Gasteiger partial charge in [0.15, 0.2) is 11.1 Å². The number of halogens is 1. The molecule has 0 amide bonds. The fourth-order valence-corrected chi connectivity index (χ4v) is 3.74. The largest absolute Gasteiger partial charge is 0.474 e. The normalized spacial score (nSPS) is 18.0. The minimum absolute atomic E-state index is 0. The minimum atomic E-state index is 0. The molecule has 1 saturated carbocycles. The zero-order valence-corrected chi connectivity index (χ0v) is 18.3. The summed E-state index contributed by atoms with van der Waals surface area (Å²) in [6.45, 7) is 4.10. The Balaban J connectivity index is 0.00000210. The summed E-state index contributed by atoms with van der Waals surface area (Å²) < 4.78 is 5.85. The highest BCUT2D eigenvalue weighted by Gasteiger charge is 2.20. The number of anilines is 1. The van der Waals surface area contributed by atoms with E-state index in [-0.39, 0.29) is 24.0 Å². The second-order valence-corrected chi connectivity index (χ2v) is 7.51. The quantitative estimate of drug-likeness (QED) is 0.387. The molecule has 4 rings (SSSR count). The molecule has 2 aliphatic rings. The summed E-state index contributed by atoms with van der Waals surface area (Å²) in [4.78, 5) is 17.7. The van der Waals surface area contributed by atoms with Crippen molar-refractivity contribution in [2.75, 3.05) is 31.1 Å². The summed E-state index contributed by atoms with van der Waals surface area (Å²) in [6.07, 6.45) is 7.47. The fourth-order valence-electron chi connectivity index (χ4n) is 3.04. The van der Waals surface area contributed by atoms with Crippen molar-refractivity contribution in [2.24, 2.45) is 10.7 Å². The Labute approximate surface area is 180 Å². The van der Waals surface area contributed by atoms with Crippen LogP contribution >= 0.6 is 35.3 Å². The number of rotatable bonds is 5. The average molecular weight is 500 g/mol. The Bertz CT molecular complexity index is 744. The number of guanidine groups is 1. The number of ether oxygens (including phenoxy) is 1. The number of hydrogen-bond acceptors (Lipinski definition) is 6. The van der Waals surface area contributed by atoms with E-state index in [1.54, 1.807) is 17.5 Å². The molecule has 0 atom stereocenters. The summed E-state index contributed by atoms with van der Waals surface area (Å²) >= 11 is 1.67. The second-order valence-electron chi connectivity index (χ2n) is 6.64. The summed E-state index contributed by atoms with van der Waals surface area (Å²) in [5.74, 6) is 1.29.